The van der Waals surface area contributed by atoms with Gasteiger partial charge in [0, 0.05) is 28.9 Å². The molecule has 7 heteroatoms. The first-order chi connectivity index (χ1) is 22.8. The van der Waals surface area contributed by atoms with Crippen LogP contribution < -0.4 is 10.1 Å². The third-order valence-electron chi connectivity index (χ3n) is 8.44. The van der Waals surface area contributed by atoms with E-state index in [1.807, 2.05) is 91.9 Å². The Bertz CT molecular complexity index is 1970. The smallest absolute Gasteiger partial charge is 0.243 e. The maximum Gasteiger partial charge on any atom is 0.243 e. The first-order valence-corrected chi connectivity index (χ1v) is 16.4. The van der Waals surface area contributed by atoms with Gasteiger partial charge in [-0.25, -0.2) is 9.97 Å². The fourth-order valence-electron chi connectivity index (χ4n) is 6.19. The quantitative estimate of drug-likeness (QED) is 0.153. The van der Waals surface area contributed by atoms with Crippen molar-refractivity contribution in [2.75, 3.05) is 7.11 Å². The zero-order valence-corrected chi connectivity index (χ0v) is 28.0. The number of nitrogens with zero attached hydrogens (tertiary/aromatic N) is 3. The number of fused-ring (bicyclic) bond motifs is 1. The highest BCUT2D eigenvalue weighted by molar-refractivity contribution is 6.30. The molecule has 0 saturated heterocycles. The van der Waals surface area contributed by atoms with Crippen molar-refractivity contribution in [3.8, 4) is 28.4 Å². The molecule has 0 fully saturated rings. The van der Waals surface area contributed by atoms with Crippen LogP contribution in [0.25, 0.3) is 33.7 Å². The lowest BCUT2D eigenvalue weighted by atomic mass is 9.97. The monoisotopic (exact) mass is 642 g/mol. The van der Waals surface area contributed by atoms with Crippen LogP contribution in [0.1, 0.15) is 48.7 Å². The van der Waals surface area contributed by atoms with Crippen LogP contribution in [0.4, 0.5) is 0 Å². The number of halogens is 1. The van der Waals surface area contributed by atoms with Crippen LogP contribution in [0, 0.1) is 12.8 Å². The SMILES string of the molecule is COc1ccc(CNC(=O)C(CC(C)C)n2c(-c3ccc(Cl)cc3)c(Cc3ccccc3)c3c(C)nc(-c4ccccc4)nc32)cc1. The van der Waals surface area contributed by atoms with Crippen molar-refractivity contribution in [1.29, 1.82) is 0 Å². The van der Waals surface area contributed by atoms with Gasteiger partial charge in [0.2, 0.25) is 5.91 Å². The molecule has 0 spiro atoms. The van der Waals surface area contributed by atoms with E-state index in [4.69, 9.17) is 26.3 Å². The number of methoxy groups -OCH3 is 1. The molecule has 2 aromatic heterocycles. The number of carbonyl (C=O) groups is 1. The fraction of sp³-hybridized carbons (Fsp3) is 0.225. The lowest BCUT2D eigenvalue weighted by molar-refractivity contribution is -0.124. The van der Waals surface area contributed by atoms with Crippen LogP contribution in [0.2, 0.25) is 5.02 Å². The molecule has 0 aliphatic heterocycles. The Balaban J connectivity index is 1.59. The Hall–Kier alpha value is -4.94. The van der Waals surface area contributed by atoms with Gasteiger partial charge in [0.15, 0.2) is 5.82 Å². The molecular formula is C40H39ClN4O2. The minimum Gasteiger partial charge on any atom is -0.497 e. The Morgan fingerprint density at radius 3 is 2.13 bits per heavy atom. The number of amides is 1. The minimum absolute atomic E-state index is 0.0644. The number of hydrogen-bond acceptors (Lipinski definition) is 4. The fourth-order valence-corrected chi connectivity index (χ4v) is 6.32. The van der Waals surface area contributed by atoms with Crippen LogP contribution in [0.5, 0.6) is 5.75 Å². The molecule has 47 heavy (non-hydrogen) atoms. The van der Waals surface area contributed by atoms with Crippen molar-refractivity contribution in [1.82, 2.24) is 19.9 Å². The van der Waals surface area contributed by atoms with Crippen LogP contribution >= 0.6 is 11.6 Å². The van der Waals surface area contributed by atoms with Gasteiger partial charge < -0.3 is 14.6 Å². The van der Waals surface area contributed by atoms with Gasteiger partial charge in [-0.3, -0.25) is 4.79 Å². The number of carbonyl (C=O) groups excluding carboxylic acids is 1. The first kappa shape index (κ1) is 32.0. The average Bonchev–Trinajstić information content (AvgIpc) is 3.41. The summed E-state index contributed by atoms with van der Waals surface area (Å²) in [6.45, 7) is 6.74. The summed E-state index contributed by atoms with van der Waals surface area (Å²) in [4.78, 5) is 24.7. The minimum atomic E-state index is -0.538. The number of ether oxygens (including phenoxy) is 1. The molecule has 1 atom stereocenters. The van der Waals surface area contributed by atoms with Gasteiger partial charge in [-0.15, -0.1) is 0 Å². The van der Waals surface area contributed by atoms with Gasteiger partial charge in [-0.05, 0) is 65.8 Å². The number of aryl methyl sites for hydroxylation is 1. The molecule has 0 aliphatic carbocycles. The van der Waals surface area contributed by atoms with E-state index in [1.165, 1.54) is 0 Å². The average molecular weight is 643 g/mol. The van der Waals surface area contributed by atoms with E-state index >= 15 is 0 Å². The number of nitrogens with one attached hydrogen (secondary N) is 1. The predicted octanol–water partition coefficient (Wildman–Crippen LogP) is 9.23. The molecule has 0 aliphatic rings. The summed E-state index contributed by atoms with van der Waals surface area (Å²) in [7, 11) is 1.65. The number of rotatable bonds is 11. The van der Waals surface area contributed by atoms with Gasteiger partial charge in [0.25, 0.3) is 0 Å². The van der Waals surface area contributed by atoms with E-state index in [-0.39, 0.29) is 11.8 Å². The highest BCUT2D eigenvalue weighted by Gasteiger charge is 2.31. The second kappa shape index (κ2) is 14.2. The summed E-state index contributed by atoms with van der Waals surface area (Å²) >= 11 is 6.40. The summed E-state index contributed by atoms with van der Waals surface area (Å²) in [5.74, 6) is 1.58. The summed E-state index contributed by atoms with van der Waals surface area (Å²) in [6.07, 6.45) is 1.27. The number of aromatic nitrogens is 3. The summed E-state index contributed by atoms with van der Waals surface area (Å²) in [5, 5.41) is 4.87. The van der Waals surface area contributed by atoms with Crippen molar-refractivity contribution in [2.24, 2.45) is 5.92 Å². The normalized spacial score (nSPS) is 12.0. The van der Waals surface area contributed by atoms with Crippen molar-refractivity contribution in [3.63, 3.8) is 0 Å². The highest BCUT2D eigenvalue weighted by Crippen LogP contribution is 2.41. The van der Waals surface area contributed by atoms with E-state index in [0.29, 0.717) is 30.2 Å². The Kier molecular flexibility index (Phi) is 9.69. The van der Waals surface area contributed by atoms with E-state index < -0.39 is 6.04 Å². The van der Waals surface area contributed by atoms with Crippen molar-refractivity contribution < 1.29 is 9.53 Å². The van der Waals surface area contributed by atoms with Crippen LogP contribution in [0.15, 0.2) is 109 Å². The number of benzene rings is 4. The largest absolute Gasteiger partial charge is 0.497 e. The molecule has 0 radical (unpaired) electrons. The molecule has 6 rings (SSSR count). The molecule has 0 saturated carbocycles. The Morgan fingerprint density at radius 1 is 0.830 bits per heavy atom. The van der Waals surface area contributed by atoms with Crippen molar-refractivity contribution in [2.45, 2.75) is 46.2 Å². The van der Waals surface area contributed by atoms with Crippen LogP contribution in [-0.4, -0.2) is 27.6 Å². The van der Waals surface area contributed by atoms with Gasteiger partial charge >= 0.3 is 0 Å². The van der Waals surface area contributed by atoms with Crippen molar-refractivity contribution >= 4 is 28.5 Å². The van der Waals surface area contributed by atoms with Crippen LogP contribution in [0.3, 0.4) is 0 Å². The van der Waals surface area contributed by atoms with E-state index in [9.17, 15) is 4.79 Å². The van der Waals surface area contributed by atoms with E-state index in [2.05, 4.69) is 48.0 Å². The second-order valence-electron chi connectivity index (χ2n) is 12.3. The molecule has 2 heterocycles. The maximum absolute atomic E-state index is 14.4. The molecule has 4 aromatic carbocycles. The Morgan fingerprint density at radius 2 is 1.49 bits per heavy atom. The maximum atomic E-state index is 14.4. The van der Waals surface area contributed by atoms with Gasteiger partial charge in [-0.2, -0.15) is 0 Å². The molecule has 6 nitrogen and oxygen atoms in total. The third kappa shape index (κ3) is 7.08. The van der Waals surface area contributed by atoms with Crippen LogP contribution in [-0.2, 0) is 17.8 Å². The first-order valence-electron chi connectivity index (χ1n) is 16.0. The molecule has 1 N–H and O–H groups in total. The molecule has 238 valence electrons. The Labute approximate surface area is 281 Å². The standard InChI is InChI=1S/C40H39ClN4O2/c1-26(2)23-35(40(46)42-25-29-15-21-33(47-4)22-16-29)45-37(30-17-19-32(41)20-18-30)34(24-28-11-7-5-8-12-28)36-27(3)43-38(44-39(36)45)31-13-9-6-10-14-31/h5-22,26,35H,23-25H2,1-4H3,(H,42,46). The van der Waals surface area contributed by atoms with Gasteiger partial charge in [-0.1, -0.05) is 110 Å². The highest BCUT2D eigenvalue weighted by atomic mass is 35.5. The van der Waals surface area contributed by atoms with E-state index in [1.54, 1.807) is 7.11 Å². The topological polar surface area (TPSA) is 69.0 Å². The lowest BCUT2D eigenvalue weighted by Crippen LogP contribution is -2.33. The summed E-state index contributed by atoms with van der Waals surface area (Å²) in [5.41, 5.74) is 7.71. The van der Waals surface area contributed by atoms with Gasteiger partial charge in [0.1, 0.15) is 17.4 Å². The molecular weight excluding hydrogens is 604 g/mol. The molecule has 1 amide bonds. The zero-order valence-electron chi connectivity index (χ0n) is 27.2. The summed E-state index contributed by atoms with van der Waals surface area (Å²) < 4.78 is 7.49. The summed E-state index contributed by atoms with van der Waals surface area (Å²) in [6, 6.07) is 35.5. The predicted molar refractivity (Wildman–Crippen MR) is 191 cm³/mol. The molecule has 0 bridgehead atoms. The van der Waals surface area contributed by atoms with Crippen molar-refractivity contribution in [3.05, 3.63) is 137 Å². The number of hydrogen-bond donors (Lipinski definition) is 1. The molecule has 1 unspecified atom stereocenters. The lowest BCUT2D eigenvalue weighted by Gasteiger charge is -2.24. The van der Waals surface area contributed by atoms with Gasteiger partial charge in [0.05, 0.1) is 18.5 Å². The second-order valence-corrected chi connectivity index (χ2v) is 12.7. The molecule has 6 aromatic rings. The zero-order chi connectivity index (χ0) is 32.9. The van der Waals surface area contributed by atoms with E-state index in [0.717, 1.165) is 56.0 Å². The third-order valence-corrected chi connectivity index (χ3v) is 8.69.